The number of nitrogens with zero attached hydrogens (tertiary/aromatic N) is 1. The van der Waals surface area contributed by atoms with E-state index >= 15 is 0 Å². The molecule has 0 bridgehead atoms. The van der Waals surface area contributed by atoms with Crippen molar-refractivity contribution in [2.75, 3.05) is 6.54 Å². The minimum atomic E-state index is -0.302. The normalized spacial score (nSPS) is 10.6. The topological polar surface area (TPSA) is 34.2 Å². The smallest absolute Gasteiger partial charge is 0.141 e. The van der Waals surface area contributed by atoms with E-state index < -0.39 is 0 Å². The van der Waals surface area contributed by atoms with Gasteiger partial charge in [0.05, 0.1) is 4.47 Å². The minimum Gasteiger partial charge on any atom is -0.456 e. The van der Waals surface area contributed by atoms with Crippen LogP contribution in [0.25, 0.3) is 0 Å². The number of rotatable bonds is 6. The van der Waals surface area contributed by atoms with Crippen LogP contribution in [0.4, 0.5) is 4.39 Å². The van der Waals surface area contributed by atoms with Gasteiger partial charge in [-0.2, -0.15) is 0 Å². The number of halogens is 2. The van der Waals surface area contributed by atoms with E-state index in [0.29, 0.717) is 16.8 Å². The van der Waals surface area contributed by atoms with Gasteiger partial charge >= 0.3 is 0 Å². The largest absolute Gasteiger partial charge is 0.456 e. The molecule has 20 heavy (non-hydrogen) atoms. The average Bonchev–Trinajstić information content (AvgIpc) is 2.44. The van der Waals surface area contributed by atoms with Gasteiger partial charge in [-0.05, 0) is 53.2 Å². The van der Waals surface area contributed by atoms with E-state index in [-0.39, 0.29) is 5.82 Å². The molecule has 1 N–H and O–H groups in total. The number of benzene rings is 1. The summed E-state index contributed by atoms with van der Waals surface area (Å²) in [5, 5.41) is 3.31. The quantitative estimate of drug-likeness (QED) is 0.798. The highest BCUT2D eigenvalue weighted by atomic mass is 79.9. The van der Waals surface area contributed by atoms with E-state index in [1.54, 1.807) is 24.5 Å². The molecule has 5 heteroatoms. The number of hydrogen-bond donors (Lipinski definition) is 1. The highest BCUT2D eigenvalue weighted by Crippen LogP contribution is 2.31. The first-order chi connectivity index (χ1) is 9.70. The van der Waals surface area contributed by atoms with Gasteiger partial charge in [0.25, 0.3) is 0 Å². The van der Waals surface area contributed by atoms with Crippen molar-refractivity contribution in [1.29, 1.82) is 0 Å². The van der Waals surface area contributed by atoms with Crippen LogP contribution in [0, 0.1) is 5.82 Å². The molecule has 3 nitrogen and oxygen atoms in total. The van der Waals surface area contributed by atoms with E-state index in [4.69, 9.17) is 4.74 Å². The number of aromatic nitrogens is 1. The molecule has 106 valence electrons. The van der Waals surface area contributed by atoms with Crippen molar-refractivity contribution in [2.24, 2.45) is 0 Å². The van der Waals surface area contributed by atoms with Gasteiger partial charge in [0.2, 0.25) is 0 Å². The molecular formula is C15H16BrFN2O. The zero-order valence-electron chi connectivity index (χ0n) is 11.2. The molecule has 0 saturated carbocycles. The molecule has 2 aromatic rings. The Hall–Kier alpha value is -1.46. The van der Waals surface area contributed by atoms with Gasteiger partial charge in [-0.15, -0.1) is 0 Å². The predicted molar refractivity (Wildman–Crippen MR) is 80.4 cm³/mol. The summed E-state index contributed by atoms with van der Waals surface area (Å²) in [6.07, 6.45) is 4.52. The molecule has 0 aliphatic carbocycles. The Kier molecular flexibility index (Phi) is 5.49. The number of pyridine rings is 1. The fourth-order valence-corrected chi connectivity index (χ4v) is 2.15. The molecule has 0 aliphatic heterocycles. The number of nitrogens with one attached hydrogen (secondary N) is 1. The van der Waals surface area contributed by atoms with Crippen LogP contribution in [-0.2, 0) is 6.54 Å². The highest BCUT2D eigenvalue weighted by molar-refractivity contribution is 9.10. The second kappa shape index (κ2) is 7.36. The summed E-state index contributed by atoms with van der Waals surface area (Å²) < 4.78 is 19.5. The third kappa shape index (κ3) is 4.02. The first kappa shape index (κ1) is 14.9. The maximum atomic E-state index is 13.1. The maximum Gasteiger partial charge on any atom is 0.141 e. The zero-order valence-corrected chi connectivity index (χ0v) is 12.8. The molecule has 0 unspecified atom stereocenters. The van der Waals surface area contributed by atoms with Crippen LogP contribution in [0.15, 0.2) is 41.1 Å². The molecule has 0 atom stereocenters. The van der Waals surface area contributed by atoms with Gasteiger partial charge in [0.1, 0.15) is 17.3 Å². The van der Waals surface area contributed by atoms with Crippen LogP contribution in [0.5, 0.6) is 11.5 Å². The first-order valence-electron chi connectivity index (χ1n) is 6.47. The number of ether oxygens (including phenoxy) is 1. The number of hydrogen-bond acceptors (Lipinski definition) is 3. The molecule has 1 aromatic heterocycles. The summed E-state index contributed by atoms with van der Waals surface area (Å²) in [6.45, 7) is 3.74. The van der Waals surface area contributed by atoms with Crippen molar-refractivity contribution in [3.63, 3.8) is 0 Å². The van der Waals surface area contributed by atoms with Crippen LogP contribution in [0.2, 0.25) is 0 Å². The Morgan fingerprint density at radius 3 is 2.90 bits per heavy atom. The van der Waals surface area contributed by atoms with Gasteiger partial charge in [0, 0.05) is 24.5 Å². The minimum absolute atomic E-state index is 0.302. The lowest BCUT2D eigenvalue weighted by atomic mass is 10.2. The highest BCUT2D eigenvalue weighted by Gasteiger charge is 2.08. The molecule has 0 saturated heterocycles. The van der Waals surface area contributed by atoms with Crippen molar-refractivity contribution in [3.8, 4) is 11.5 Å². The molecule has 2 rings (SSSR count). The van der Waals surface area contributed by atoms with E-state index in [2.05, 4.69) is 33.2 Å². The zero-order chi connectivity index (χ0) is 14.4. The van der Waals surface area contributed by atoms with Crippen LogP contribution in [-0.4, -0.2) is 11.5 Å². The van der Waals surface area contributed by atoms with Crippen LogP contribution in [0.1, 0.15) is 18.9 Å². The van der Waals surface area contributed by atoms with Crippen LogP contribution >= 0.6 is 15.9 Å². The van der Waals surface area contributed by atoms with Crippen molar-refractivity contribution in [1.82, 2.24) is 10.3 Å². The fourth-order valence-electron chi connectivity index (χ4n) is 1.72. The maximum absolute atomic E-state index is 13.1. The third-order valence-electron chi connectivity index (χ3n) is 2.71. The third-order valence-corrected chi connectivity index (χ3v) is 3.33. The molecule has 0 spiro atoms. The summed E-state index contributed by atoms with van der Waals surface area (Å²) in [6, 6.07) is 6.16. The van der Waals surface area contributed by atoms with Crippen LogP contribution in [0.3, 0.4) is 0 Å². The van der Waals surface area contributed by atoms with Gasteiger partial charge in [-0.1, -0.05) is 6.92 Å². The summed E-state index contributed by atoms with van der Waals surface area (Å²) in [5.74, 6) is 0.994. The fraction of sp³-hybridized carbons (Fsp3) is 0.267. The van der Waals surface area contributed by atoms with Crippen molar-refractivity contribution < 1.29 is 9.13 Å². The molecule has 1 heterocycles. The molecule has 0 fully saturated rings. The second-order valence-corrected chi connectivity index (χ2v) is 5.19. The second-order valence-electron chi connectivity index (χ2n) is 4.34. The van der Waals surface area contributed by atoms with E-state index in [9.17, 15) is 4.39 Å². The SMILES string of the molecule is CCCNCc1cnccc1Oc1ccc(F)cc1Br. The summed E-state index contributed by atoms with van der Waals surface area (Å²) in [7, 11) is 0. The molecular weight excluding hydrogens is 323 g/mol. The van der Waals surface area contributed by atoms with E-state index in [0.717, 1.165) is 24.3 Å². The van der Waals surface area contributed by atoms with Crippen molar-refractivity contribution >= 4 is 15.9 Å². The molecule has 1 aromatic carbocycles. The van der Waals surface area contributed by atoms with Crippen LogP contribution < -0.4 is 10.1 Å². The molecule has 0 radical (unpaired) electrons. The molecule has 0 aliphatic rings. The Bertz CT molecular complexity index is 578. The lowest BCUT2D eigenvalue weighted by Crippen LogP contribution is -2.14. The van der Waals surface area contributed by atoms with Crippen molar-refractivity contribution in [3.05, 3.63) is 52.5 Å². The van der Waals surface area contributed by atoms with E-state index in [1.165, 1.54) is 12.1 Å². The Balaban J connectivity index is 2.16. The standard InChI is InChI=1S/C15H16BrFN2O/c1-2-6-18-9-11-10-19-7-5-14(11)20-15-4-3-12(17)8-13(15)16/h3-5,7-8,10,18H,2,6,9H2,1H3. The lowest BCUT2D eigenvalue weighted by Gasteiger charge is -2.12. The lowest BCUT2D eigenvalue weighted by molar-refractivity contribution is 0.467. The van der Waals surface area contributed by atoms with Gasteiger partial charge < -0.3 is 10.1 Å². The predicted octanol–water partition coefficient (Wildman–Crippen LogP) is 4.28. The van der Waals surface area contributed by atoms with Gasteiger partial charge in [-0.3, -0.25) is 4.98 Å². The summed E-state index contributed by atoms with van der Waals surface area (Å²) in [5.41, 5.74) is 0.970. The Morgan fingerprint density at radius 1 is 1.30 bits per heavy atom. The first-order valence-corrected chi connectivity index (χ1v) is 7.26. The van der Waals surface area contributed by atoms with E-state index in [1.807, 2.05) is 0 Å². The van der Waals surface area contributed by atoms with Gasteiger partial charge in [-0.25, -0.2) is 4.39 Å². The van der Waals surface area contributed by atoms with Crippen molar-refractivity contribution in [2.45, 2.75) is 19.9 Å². The molecule has 0 amide bonds. The van der Waals surface area contributed by atoms with Gasteiger partial charge in [0.15, 0.2) is 0 Å². The average molecular weight is 339 g/mol. The Labute approximate surface area is 126 Å². The monoisotopic (exact) mass is 338 g/mol. The summed E-state index contributed by atoms with van der Waals surface area (Å²) >= 11 is 3.30. The Morgan fingerprint density at radius 2 is 2.15 bits per heavy atom. The summed E-state index contributed by atoms with van der Waals surface area (Å²) in [4.78, 5) is 4.11.